The Bertz CT molecular complexity index is 842. The number of hydrogen-bond acceptors (Lipinski definition) is 6. The first kappa shape index (κ1) is 28.1. The Morgan fingerprint density at radius 3 is 2.38 bits per heavy atom. The van der Waals surface area contributed by atoms with Gasteiger partial charge in [-0.2, -0.15) is 0 Å². The number of hydrogen-bond donors (Lipinski definition) is 1. The van der Waals surface area contributed by atoms with Crippen molar-refractivity contribution >= 4 is 9.84 Å². The highest BCUT2D eigenvalue weighted by atomic mass is 32.2. The Labute approximate surface area is 193 Å². The van der Waals surface area contributed by atoms with E-state index in [1.807, 2.05) is 56.3 Å². The maximum atomic E-state index is 11.8. The molecule has 1 aromatic rings. The molecule has 0 spiro atoms. The minimum absolute atomic E-state index is 0.0412. The van der Waals surface area contributed by atoms with Gasteiger partial charge in [-0.1, -0.05) is 48.9 Å². The van der Waals surface area contributed by atoms with Crippen LogP contribution in [0.2, 0.25) is 0 Å². The third kappa shape index (κ3) is 11.1. The number of allylic oxidation sites excluding steroid dienone is 3. The quantitative estimate of drug-likeness (QED) is 0.309. The Morgan fingerprint density at radius 2 is 1.84 bits per heavy atom. The average molecular weight is 467 g/mol. The van der Waals surface area contributed by atoms with Crippen molar-refractivity contribution < 1.29 is 27.7 Å². The Balaban J connectivity index is 2.79. The van der Waals surface area contributed by atoms with E-state index >= 15 is 0 Å². The fraction of sp³-hybridized carbons (Fsp3) is 0.520. The topological polar surface area (TPSA) is 82.1 Å². The summed E-state index contributed by atoms with van der Waals surface area (Å²) in [7, 11) is 0.0323. The summed E-state index contributed by atoms with van der Waals surface area (Å²) in [6.07, 6.45) is 8.58. The molecule has 1 rings (SSSR count). The molecule has 6 nitrogen and oxygen atoms in total. The lowest BCUT2D eigenvalue weighted by molar-refractivity contribution is 0.0135. The maximum Gasteiger partial charge on any atom is 0.147 e. The second-order valence-electron chi connectivity index (χ2n) is 8.08. The summed E-state index contributed by atoms with van der Waals surface area (Å²) in [5.41, 5.74) is 1.99. The van der Waals surface area contributed by atoms with Crippen LogP contribution in [0.3, 0.4) is 0 Å². The molecule has 1 aromatic carbocycles. The Hall–Kier alpha value is -1.93. The highest BCUT2D eigenvalue weighted by Crippen LogP contribution is 2.18. The number of methoxy groups -OCH3 is 2. The predicted octanol–water partition coefficient (Wildman–Crippen LogP) is 4.11. The van der Waals surface area contributed by atoms with Gasteiger partial charge in [0.1, 0.15) is 21.7 Å². The number of aliphatic hydroxyl groups excluding tert-OH is 1. The number of benzene rings is 1. The molecule has 0 fully saturated rings. The highest BCUT2D eigenvalue weighted by Gasteiger charge is 2.20. The van der Waals surface area contributed by atoms with Gasteiger partial charge in [-0.05, 0) is 43.4 Å². The van der Waals surface area contributed by atoms with Crippen molar-refractivity contribution in [3.8, 4) is 5.75 Å². The van der Waals surface area contributed by atoms with Crippen molar-refractivity contribution in [1.29, 1.82) is 0 Å². The van der Waals surface area contributed by atoms with E-state index in [1.54, 1.807) is 20.3 Å². The van der Waals surface area contributed by atoms with Crippen LogP contribution < -0.4 is 4.74 Å². The second kappa shape index (κ2) is 14.3. The van der Waals surface area contributed by atoms with Gasteiger partial charge in [0, 0.05) is 13.4 Å². The summed E-state index contributed by atoms with van der Waals surface area (Å²) < 4.78 is 40.0. The van der Waals surface area contributed by atoms with Crippen LogP contribution >= 0.6 is 0 Å². The third-order valence-corrected chi connectivity index (χ3v) is 6.22. The molecule has 0 aliphatic carbocycles. The molecule has 0 saturated heterocycles. The monoisotopic (exact) mass is 466 g/mol. The molecule has 0 bridgehead atoms. The standard InChI is InChI=1S/C25H38O6S/c1-7-24(30-5)23(26)10-8-9-19(2)11-16-25(20(3)18-32(6,27)28)31-17-21-12-14-22(29-4)15-13-21/h7,9,11-16,20,23-26H,1,8,10,17-18H2,2-6H3/b16-11+,19-9+/t20-,23+,24+,25-/m1/s1. The van der Waals surface area contributed by atoms with E-state index in [0.29, 0.717) is 19.4 Å². The largest absolute Gasteiger partial charge is 0.497 e. The zero-order valence-corrected chi connectivity index (χ0v) is 20.7. The smallest absolute Gasteiger partial charge is 0.147 e. The zero-order chi connectivity index (χ0) is 24.1. The molecule has 0 radical (unpaired) electrons. The minimum atomic E-state index is -3.13. The molecule has 0 heterocycles. The van der Waals surface area contributed by atoms with E-state index in [4.69, 9.17) is 14.2 Å². The van der Waals surface area contributed by atoms with Crippen molar-refractivity contribution in [3.05, 3.63) is 66.3 Å². The molecule has 7 heteroatoms. The first-order valence-corrected chi connectivity index (χ1v) is 12.8. The van der Waals surface area contributed by atoms with Crippen molar-refractivity contribution in [2.75, 3.05) is 26.2 Å². The lowest BCUT2D eigenvalue weighted by Gasteiger charge is -2.21. The summed E-state index contributed by atoms with van der Waals surface area (Å²) in [6, 6.07) is 7.58. The van der Waals surface area contributed by atoms with E-state index in [9.17, 15) is 13.5 Å². The van der Waals surface area contributed by atoms with Crippen LogP contribution in [0.4, 0.5) is 0 Å². The molecule has 32 heavy (non-hydrogen) atoms. The van der Waals surface area contributed by atoms with Crippen LogP contribution in [-0.2, 0) is 25.9 Å². The SMILES string of the molecule is C=C[C@H](OC)[C@@H](O)CC/C=C(C)/C=C/[C@@H](OCc1ccc(OC)cc1)[C@H](C)CS(C)(=O)=O. The van der Waals surface area contributed by atoms with Crippen LogP contribution in [0, 0.1) is 5.92 Å². The molecular weight excluding hydrogens is 428 g/mol. The molecule has 4 atom stereocenters. The van der Waals surface area contributed by atoms with E-state index < -0.39 is 15.9 Å². The Morgan fingerprint density at radius 1 is 1.19 bits per heavy atom. The summed E-state index contributed by atoms with van der Waals surface area (Å²) in [4.78, 5) is 0. The van der Waals surface area contributed by atoms with Crippen molar-refractivity contribution in [2.45, 2.75) is 51.6 Å². The van der Waals surface area contributed by atoms with Gasteiger partial charge in [-0.25, -0.2) is 8.42 Å². The minimum Gasteiger partial charge on any atom is -0.497 e. The van der Waals surface area contributed by atoms with Gasteiger partial charge in [0.05, 0.1) is 31.7 Å². The van der Waals surface area contributed by atoms with Crippen molar-refractivity contribution in [3.63, 3.8) is 0 Å². The first-order valence-electron chi connectivity index (χ1n) is 10.7. The van der Waals surface area contributed by atoms with Gasteiger partial charge in [-0.15, -0.1) is 6.58 Å². The fourth-order valence-electron chi connectivity index (χ4n) is 3.27. The predicted molar refractivity (Wildman–Crippen MR) is 130 cm³/mol. The van der Waals surface area contributed by atoms with Gasteiger partial charge >= 0.3 is 0 Å². The van der Waals surface area contributed by atoms with Crippen LogP contribution in [-0.4, -0.2) is 58.1 Å². The van der Waals surface area contributed by atoms with Gasteiger partial charge in [0.15, 0.2) is 0 Å². The molecule has 0 aliphatic rings. The van der Waals surface area contributed by atoms with Gasteiger partial charge in [0.25, 0.3) is 0 Å². The highest BCUT2D eigenvalue weighted by molar-refractivity contribution is 7.90. The molecule has 0 aromatic heterocycles. The normalized spacial score (nSPS) is 16.5. The maximum absolute atomic E-state index is 11.8. The van der Waals surface area contributed by atoms with E-state index in [-0.39, 0.29) is 23.9 Å². The number of sulfone groups is 1. The lowest BCUT2D eigenvalue weighted by atomic mass is 10.0. The summed E-state index contributed by atoms with van der Waals surface area (Å²) in [5, 5.41) is 10.1. The Kier molecular flexibility index (Phi) is 12.5. The lowest BCUT2D eigenvalue weighted by Crippen LogP contribution is -2.26. The van der Waals surface area contributed by atoms with Crippen LogP contribution in [0.25, 0.3) is 0 Å². The van der Waals surface area contributed by atoms with Crippen LogP contribution in [0.15, 0.2) is 60.7 Å². The summed E-state index contributed by atoms with van der Waals surface area (Å²) in [5.74, 6) is 0.607. The molecule has 0 saturated carbocycles. The van der Waals surface area contributed by atoms with Gasteiger partial charge < -0.3 is 19.3 Å². The zero-order valence-electron chi connectivity index (χ0n) is 19.9. The van der Waals surface area contributed by atoms with E-state index in [2.05, 4.69) is 6.58 Å². The number of aliphatic hydroxyl groups is 1. The average Bonchev–Trinajstić information content (AvgIpc) is 2.73. The number of rotatable bonds is 15. The molecule has 1 N–H and O–H groups in total. The molecule has 0 unspecified atom stereocenters. The number of ether oxygens (including phenoxy) is 3. The summed E-state index contributed by atoms with van der Waals surface area (Å²) >= 11 is 0. The summed E-state index contributed by atoms with van der Waals surface area (Å²) in [6.45, 7) is 7.86. The van der Waals surface area contributed by atoms with Crippen LogP contribution in [0.1, 0.15) is 32.3 Å². The van der Waals surface area contributed by atoms with E-state index in [0.717, 1.165) is 16.9 Å². The molecule has 180 valence electrons. The van der Waals surface area contributed by atoms with Crippen molar-refractivity contribution in [2.24, 2.45) is 5.92 Å². The second-order valence-corrected chi connectivity index (χ2v) is 10.3. The molecule has 0 aliphatic heterocycles. The molecule has 0 amide bonds. The third-order valence-electron chi connectivity index (χ3n) is 5.09. The fourth-order valence-corrected chi connectivity index (χ4v) is 4.41. The van der Waals surface area contributed by atoms with E-state index in [1.165, 1.54) is 6.26 Å². The van der Waals surface area contributed by atoms with Crippen molar-refractivity contribution in [1.82, 2.24) is 0 Å². The van der Waals surface area contributed by atoms with Gasteiger partial charge in [-0.3, -0.25) is 0 Å². The van der Waals surface area contributed by atoms with Crippen LogP contribution in [0.5, 0.6) is 5.75 Å². The first-order chi connectivity index (χ1) is 15.1. The van der Waals surface area contributed by atoms with Gasteiger partial charge in [0.2, 0.25) is 0 Å². The molecular formula is C25H38O6S.